The molecule has 1 aromatic heterocycles. The first-order valence-corrected chi connectivity index (χ1v) is 5.79. The number of hydrogen-bond donors (Lipinski definition) is 2. The number of H-pyrrole nitrogens is 1. The van der Waals surface area contributed by atoms with Crippen LogP contribution in [0.1, 0.15) is 5.56 Å². The Morgan fingerprint density at radius 3 is 2.67 bits per heavy atom. The highest BCUT2D eigenvalue weighted by molar-refractivity contribution is 5.63. The Balaban J connectivity index is 2.07. The highest BCUT2D eigenvalue weighted by Gasteiger charge is 2.06. The minimum Gasteiger partial charge on any atom is -0.491 e. The lowest BCUT2D eigenvalue weighted by atomic mass is 10.1. The molecule has 2 rings (SSSR count). The van der Waals surface area contributed by atoms with Crippen molar-refractivity contribution in [3.63, 3.8) is 0 Å². The molecule has 0 aliphatic carbocycles. The zero-order chi connectivity index (χ0) is 12.8. The molecule has 0 saturated heterocycles. The fourth-order valence-electron chi connectivity index (χ4n) is 1.68. The first-order chi connectivity index (χ1) is 8.85. The van der Waals surface area contributed by atoms with Crippen LogP contribution >= 0.6 is 0 Å². The maximum Gasteiger partial charge on any atom is 0.119 e. The molecule has 0 atom stereocenters. The number of methoxy groups -OCH3 is 1. The van der Waals surface area contributed by atoms with Gasteiger partial charge in [0.2, 0.25) is 0 Å². The van der Waals surface area contributed by atoms with E-state index in [-0.39, 0.29) is 0 Å². The number of aromatic nitrogens is 2. The second kappa shape index (κ2) is 6.18. The molecule has 3 N–H and O–H groups in total. The molecular weight excluding hydrogens is 230 g/mol. The SMILES string of the molecule is COCCOc1ccc(-c2[nH]ncc2CN)cc1. The summed E-state index contributed by atoms with van der Waals surface area (Å²) >= 11 is 0. The molecule has 18 heavy (non-hydrogen) atoms. The molecule has 1 heterocycles. The van der Waals surface area contributed by atoms with Gasteiger partial charge in [-0.15, -0.1) is 0 Å². The number of rotatable bonds is 6. The van der Waals surface area contributed by atoms with Crippen LogP contribution in [0.15, 0.2) is 30.5 Å². The van der Waals surface area contributed by atoms with E-state index in [1.54, 1.807) is 13.3 Å². The van der Waals surface area contributed by atoms with Gasteiger partial charge in [-0.2, -0.15) is 5.10 Å². The molecule has 0 unspecified atom stereocenters. The topological polar surface area (TPSA) is 73.2 Å². The third-order valence-electron chi connectivity index (χ3n) is 2.64. The number of nitrogens with one attached hydrogen (secondary N) is 1. The summed E-state index contributed by atoms with van der Waals surface area (Å²) in [6, 6.07) is 7.81. The van der Waals surface area contributed by atoms with Crippen molar-refractivity contribution in [1.82, 2.24) is 10.2 Å². The molecule has 0 spiro atoms. The van der Waals surface area contributed by atoms with Crippen molar-refractivity contribution < 1.29 is 9.47 Å². The highest BCUT2D eigenvalue weighted by Crippen LogP contribution is 2.23. The van der Waals surface area contributed by atoms with E-state index in [0.29, 0.717) is 19.8 Å². The summed E-state index contributed by atoms with van der Waals surface area (Å²) in [5.74, 6) is 0.824. The van der Waals surface area contributed by atoms with Crippen LogP contribution in [0.4, 0.5) is 0 Å². The fraction of sp³-hybridized carbons (Fsp3) is 0.308. The Labute approximate surface area is 106 Å². The normalized spacial score (nSPS) is 10.6. The van der Waals surface area contributed by atoms with Gasteiger partial charge in [-0.1, -0.05) is 0 Å². The second-order valence-electron chi connectivity index (χ2n) is 3.84. The van der Waals surface area contributed by atoms with Crippen LogP contribution in [-0.4, -0.2) is 30.5 Å². The lowest BCUT2D eigenvalue weighted by Crippen LogP contribution is -2.04. The summed E-state index contributed by atoms with van der Waals surface area (Å²) in [5, 5.41) is 6.95. The lowest BCUT2D eigenvalue weighted by Gasteiger charge is -2.06. The van der Waals surface area contributed by atoms with Gasteiger partial charge in [0, 0.05) is 24.8 Å². The van der Waals surface area contributed by atoms with Crippen molar-refractivity contribution >= 4 is 0 Å². The van der Waals surface area contributed by atoms with E-state index in [2.05, 4.69) is 10.2 Å². The third-order valence-corrected chi connectivity index (χ3v) is 2.64. The van der Waals surface area contributed by atoms with Gasteiger partial charge in [0.15, 0.2) is 0 Å². The lowest BCUT2D eigenvalue weighted by molar-refractivity contribution is 0.146. The molecule has 0 bridgehead atoms. The predicted octanol–water partition coefficient (Wildman–Crippen LogP) is 1.56. The molecule has 2 aromatic rings. The van der Waals surface area contributed by atoms with E-state index >= 15 is 0 Å². The number of aromatic amines is 1. The quantitative estimate of drug-likeness (QED) is 0.760. The molecule has 0 radical (unpaired) electrons. The van der Waals surface area contributed by atoms with Crippen LogP contribution in [-0.2, 0) is 11.3 Å². The van der Waals surface area contributed by atoms with Gasteiger partial charge in [0.1, 0.15) is 12.4 Å². The third kappa shape index (κ3) is 2.88. The molecule has 0 fully saturated rings. The molecule has 0 aliphatic heterocycles. The Bertz CT molecular complexity index is 479. The van der Waals surface area contributed by atoms with E-state index in [4.69, 9.17) is 15.2 Å². The first kappa shape index (κ1) is 12.6. The molecule has 5 nitrogen and oxygen atoms in total. The zero-order valence-electron chi connectivity index (χ0n) is 10.3. The van der Waals surface area contributed by atoms with Crippen LogP contribution in [0.3, 0.4) is 0 Å². The summed E-state index contributed by atoms with van der Waals surface area (Å²) < 4.78 is 10.4. The summed E-state index contributed by atoms with van der Waals surface area (Å²) in [4.78, 5) is 0. The van der Waals surface area contributed by atoms with E-state index in [1.807, 2.05) is 24.3 Å². The average Bonchev–Trinajstić information content (AvgIpc) is 2.88. The van der Waals surface area contributed by atoms with Gasteiger partial charge in [0.05, 0.1) is 18.5 Å². The summed E-state index contributed by atoms with van der Waals surface area (Å²) in [5.41, 5.74) is 8.65. The van der Waals surface area contributed by atoms with Gasteiger partial charge < -0.3 is 15.2 Å². The first-order valence-electron chi connectivity index (χ1n) is 5.79. The van der Waals surface area contributed by atoms with Gasteiger partial charge in [-0.3, -0.25) is 5.10 Å². The van der Waals surface area contributed by atoms with Crippen LogP contribution in [0.25, 0.3) is 11.3 Å². The maximum atomic E-state index is 5.64. The van der Waals surface area contributed by atoms with Crippen molar-refractivity contribution in [3.8, 4) is 17.0 Å². The second-order valence-corrected chi connectivity index (χ2v) is 3.84. The van der Waals surface area contributed by atoms with Crippen molar-refractivity contribution in [2.75, 3.05) is 20.3 Å². The van der Waals surface area contributed by atoms with Gasteiger partial charge in [0.25, 0.3) is 0 Å². The van der Waals surface area contributed by atoms with E-state index in [1.165, 1.54) is 0 Å². The number of benzene rings is 1. The van der Waals surface area contributed by atoms with Gasteiger partial charge in [-0.25, -0.2) is 0 Å². The monoisotopic (exact) mass is 247 g/mol. The number of ether oxygens (including phenoxy) is 2. The summed E-state index contributed by atoms with van der Waals surface area (Å²) in [7, 11) is 1.65. The zero-order valence-corrected chi connectivity index (χ0v) is 10.3. The van der Waals surface area contributed by atoms with Crippen molar-refractivity contribution in [2.24, 2.45) is 5.73 Å². The van der Waals surface area contributed by atoms with E-state index in [0.717, 1.165) is 22.6 Å². The van der Waals surface area contributed by atoms with E-state index in [9.17, 15) is 0 Å². The molecule has 5 heteroatoms. The van der Waals surface area contributed by atoms with Crippen LogP contribution in [0, 0.1) is 0 Å². The van der Waals surface area contributed by atoms with Crippen molar-refractivity contribution in [2.45, 2.75) is 6.54 Å². The minimum atomic E-state index is 0.470. The van der Waals surface area contributed by atoms with Gasteiger partial charge in [-0.05, 0) is 24.3 Å². The smallest absolute Gasteiger partial charge is 0.119 e. The minimum absolute atomic E-state index is 0.470. The molecule has 1 aromatic carbocycles. The summed E-state index contributed by atoms with van der Waals surface area (Å²) in [6.07, 6.45) is 1.75. The van der Waals surface area contributed by atoms with Crippen LogP contribution in [0.2, 0.25) is 0 Å². The number of hydrogen-bond acceptors (Lipinski definition) is 4. The van der Waals surface area contributed by atoms with Gasteiger partial charge >= 0.3 is 0 Å². The van der Waals surface area contributed by atoms with E-state index < -0.39 is 0 Å². The molecule has 96 valence electrons. The Morgan fingerprint density at radius 1 is 1.22 bits per heavy atom. The van der Waals surface area contributed by atoms with Crippen molar-refractivity contribution in [3.05, 3.63) is 36.0 Å². The molecular formula is C13H17N3O2. The largest absolute Gasteiger partial charge is 0.491 e. The van der Waals surface area contributed by atoms with Crippen LogP contribution in [0.5, 0.6) is 5.75 Å². The predicted molar refractivity (Wildman–Crippen MR) is 69.3 cm³/mol. The Hall–Kier alpha value is -1.85. The fourth-order valence-corrected chi connectivity index (χ4v) is 1.68. The Kier molecular flexibility index (Phi) is 4.33. The highest BCUT2D eigenvalue weighted by atomic mass is 16.5. The summed E-state index contributed by atoms with van der Waals surface area (Å²) in [6.45, 7) is 1.60. The molecule has 0 aliphatic rings. The van der Waals surface area contributed by atoms with Crippen LogP contribution < -0.4 is 10.5 Å². The Morgan fingerprint density at radius 2 is 2.00 bits per heavy atom. The number of nitrogens with zero attached hydrogens (tertiary/aromatic N) is 1. The van der Waals surface area contributed by atoms with Crippen molar-refractivity contribution in [1.29, 1.82) is 0 Å². The average molecular weight is 247 g/mol. The molecule has 0 amide bonds. The maximum absolute atomic E-state index is 5.64. The standard InChI is InChI=1S/C13H17N3O2/c1-17-6-7-18-12-4-2-10(3-5-12)13-11(8-14)9-15-16-13/h2-5,9H,6-8,14H2,1H3,(H,15,16). The molecule has 0 saturated carbocycles. The number of nitrogens with two attached hydrogens (primary N) is 1.